The van der Waals surface area contributed by atoms with Gasteiger partial charge in [0.1, 0.15) is 12.1 Å². The lowest BCUT2D eigenvalue weighted by atomic mass is 10.1. The molecule has 3 amide bonds. The summed E-state index contributed by atoms with van der Waals surface area (Å²) in [6.45, 7) is 1.78. The molecule has 12 heteroatoms. The van der Waals surface area contributed by atoms with E-state index in [1.807, 2.05) is 0 Å². The van der Waals surface area contributed by atoms with Crippen LogP contribution < -0.4 is 5.73 Å². The highest BCUT2D eigenvalue weighted by Crippen LogP contribution is 2.29. The van der Waals surface area contributed by atoms with E-state index in [4.69, 9.17) is 22.1 Å². The van der Waals surface area contributed by atoms with Crippen LogP contribution in [0.3, 0.4) is 0 Å². The molecule has 1 aliphatic heterocycles. The fourth-order valence-electron chi connectivity index (χ4n) is 4.14. The number of likely N-dealkylation sites (tertiary alicyclic amines) is 1. The lowest BCUT2D eigenvalue weighted by Crippen LogP contribution is -2.52. The summed E-state index contributed by atoms with van der Waals surface area (Å²) in [4.78, 5) is 40.6. The zero-order chi connectivity index (χ0) is 25.9. The first-order chi connectivity index (χ1) is 16.5. The van der Waals surface area contributed by atoms with E-state index in [0.29, 0.717) is 23.6 Å². The molecule has 0 aliphatic carbocycles. The van der Waals surface area contributed by atoms with Crippen molar-refractivity contribution >= 4 is 50.1 Å². The predicted molar refractivity (Wildman–Crippen MR) is 131 cm³/mol. The number of likely N-dealkylation sites (N-methyl/N-ethyl adjacent to an activating group) is 1. The SMILES string of the molecule is COCCN(C)C(=O)[C@H](C)N1CC[C@H](N(CC(N)=O)S(=O)(=O)c2ccc3cc(Cl)ccc3c2)C1=O. The van der Waals surface area contributed by atoms with Gasteiger partial charge in [-0.05, 0) is 48.4 Å². The van der Waals surface area contributed by atoms with Gasteiger partial charge >= 0.3 is 0 Å². The Balaban J connectivity index is 1.89. The van der Waals surface area contributed by atoms with Crippen LogP contribution in [0.2, 0.25) is 5.02 Å². The molecule has 2 aromatic rings. The minimum Gasteiger partial charge on any atom is -0.383 e. The van der Waals surface area contributed by atoms with Crippen molar-refractivity contribution in [3.8, 4) is 0 Å². The van der Waals surface area contributed by atoms with Crippen LogP contribution in [0.4, 0.5) is 0 Å². The summed E-state index contributed by atoms with van der Waals surface area (Å²) in [6.07, 6.45) is 0.119. The zero-order valence-electron chi connectivity index (χ0n) is 19.8. The van der Waals surface area contributed by atoms with E-state index in [0.717, 1.165) is 9.69 Å². The van der Waals surface area contributed by atoms with E-state index in [-0.39, 0.29) is 23.8 Å². The number of hydrogen-bond acceptors (Lipinski definition) is 6. The standard InChI is InChI=1S/C23H29ClN4O6S/c1-15(22(30)26(2)10-11-34-3)27-9-8-20(23(27)31)28(14-21(25)29)35(32,33)19-7-5-16-12-18(24)6-4-17(16)13-19/h4-7,12-13,15,20H,8-11,14H2,1-3H3,(H2,25,29)/t15-,20-/m0/s1. The molecule has 190 valence electrons. The number of hydrogen-bond donors (Lipinski definition) is 1. The van der Waals surface area contributed by atoms with Gasteiger partial charge in [-0.15, -0.1) is 0 Å². The van der Waals surface area contributed by atoms with Crippen molar-refractivity contribution in [1.29, 1.82) is 0 Å². The molecule has 0 aromatic heterocycles. The van der Waals surface area contributed by atoms with Crippen LogP contribution in [0, 0.1) is 0 Å². The number of fused-ring (bicyclic) bond motifs is 1. The van der Waals surface area contributed by atoms with E-state index in [9.17, 15) is 22.8 Å². The minimum atomic E-state index is -4.27. The maximum absolute atomic E-state index is 13.6. The van der Waals surface area contributed by atoms with Gasteiger partial charge in [0.15, 0.2) is 0 Å². The number of sulfonamides is 1. The van der Waals surface area contributed by atoms with Gasteiger partial charge in [0.25, 0.3) is 0 Å². The normalized spacial score (nSPS) is 17.2. The van der Waals surface area contributed by atoms with E-state index < -0.39 is 40.5 Å². The van der Waals surface area contributed by atoms with Gasteiger partial charge in [0.2, 0.25) is 27.7 Å². The highest BCUT2D eigenvalue weighted by Gasteiger charge is 2.45. The Morgan fingerprint density at radius 2 is 1.89 bits per heavy atom. The molecule has 3 rings (SSSR count). The molecule has 1 fully saturated rings. The van der Waals surface area contributed by atoms with Crippen molar-refractivity contribution in [3.05, 3.63) is 41.4 Å². The number of ether oxygens (including phenoxy) is 1. The van der Waals surface area contributed by atoms with Crippen LogP contribution in [-0.4, -0.2) is 92.7 Å². The first-order valence-corrected chi connectivity index (χ1v) is 12.8. The summed E-state index contributed by atoms with van der Waals surface area (Å²) in [7, 11) is -1.15. The molecule has 1 saturated heterocycles. The van der Waals surface area contributed by atoms with Gasteiger partial charge in [-0.1, -0.05) is 23.7 Å². The third-order valence-electron chi connectivity index (χ3n) is 6.08. The van der Waals surface area contributed by atoms with Gasteiger partial charge in [0, 0.05) is 32.3 Å². The molecule has 2 aromatic carbocycles. The molecule has 1 aliphatic rings. The Labute approximate surface area is 209 Å². The molecular formula is C23H29ClN4O6S. The van der Waals surface area contributed by atoms with Crippen LogP contribution in [0.5, 0.6) is 0 Å². The molecular weight excluding hydrogens is 496 g/mol. The molecule has 0 saturated carbocycles. The highest BCUT2D eigenvalue weighted by atomic mass is 35.5. The maximum atomic E-state index is 13.6. The molecule has 2 atom stereocenters. The number of nitrogens with two attached hydrogens (primary N) is 1. The third-order valence-corrected chi connectivity index (χ3v) is 8.17. The summed E-state index contributed by atoms with van der Waals surface area (Å²) >= 11 is 6.01. The Kier molecular flexibility index (Phi) is 8.37. The van der Waals surface area contributed by atoms with Crippen LogP contribution in [0.1, 0.15) is 13.3 Å². The average Bonchev–Trinajstić information content (AvgIpc) is 3.19. The lowest BCUT2D eigenvalue weighted by Gasteiger charge is -2.30. The Hall–Kier alpha value is -2.73. The third kappa shape index (κ3) is 5.75. The molecule has 2 N–H and O–H groups in total. The Morgan fingerprint density at radius 1 is 1.23 bits per heavy atom. The highest BCUT2D eigenvalue weighted by molar-refractivity contribution is 7.89. The molecule has 0 radical (unpaired) electrons. The van der Waals surface area contributed by atoms with Gasteiger partial charge in [-0.2, -0.15) is 4.31 Å². The first-order valence-electron chi connectivity index (χ1n) is 11.0. The Morgan fingerprint density at radius 3 is 2.54 bits per heavy atom. The topological polar surface area (TPSA) is 130 Å². The van der Waals surface area contributed by atoms with Crippen molar-refractivity contribution in [2.45, 2.75) is 30.3 Å². The summed E-state index contributed by atoms with van der Waals surface area (Å²) in [5.41, 5.74) is 5.36. The van der Waals surface area contributed by atoms with Crippen LogP contribution >= 0.6 is 11.6 Å². The van der Waals surface area contributed by atoms with Gasteiger partial charge in [0.05, 0.1) is 18.0 Å². The quantitative estimate of drug-likeness (QED) is 0.494. The second kappa shape index (κ2) is 10.9. The molecule has 10 nitrogen and oxygen atoms in total. The van der Waals surface area contributed by atoms with Crippen LogP contribution in [0.25, 0.3) is 10.8 Å². The number of methoxy groups -OCH3 is 1. The lowest BCUT2D eigenvalue weighted by molar-refractivity contribution is -0.143. The number of carbonyl (C=O) groups excluding carboxylic acids is 3. The van der Waals surface area contributed by atoms with E-state index in [1.54, 1.807) is 38.2 Å². The van der Waals surface area contributed by atoms with Crippen molar-refractivity contribution in [2.75, 3.05) is 40.4 Å². The summed E-state index contributed by atoms with van der Waals surface area (Å²) < 4.78 is 33.0. The van der Waals surface area contributed by atoms with E-state index >= 15 is 0 Å². The Bertz CT molecular complexity index is 1240. The number of rotatable bonds is 10. The van der Waals surface area contributed by atoms with Crippen LogP contribution in [0.15, 0.2) is 41.3 Å². The number of benzene rings is 2. The summed E-state index contributed by atoms with van der Waals surface area (Å²) in [5.74, 6) is -1.74. The number of halogens is 1. The molecule has 0 bridgehead atoms. The van der Waals surface area contributed by atoms with Gasteiger partial charge in [-0.3, -0.25) is 14.4 Å². The zero-order valence-corrected chi connectivity index (χ0v) is 21.4. The van der Waals surface area contributed by atoms with E-state index in [2.05, 4.69) is 0 Å². The molecule has 35 heavy (non-hydrogen) atoms. The fraction of sp³-hybridized carbons (Fsp3) is 0.435. The second-order valence-corrected chi connectivity index (χ2v) is 10.8. The van der Waals surface area contributed by atoms with Crippen molar-refractivity contribution in [2.24, 2.45) is 5.73 Å². The fourth-order valence-corrected chi connectivity index (χ4v) is 5.93. The number of amides is 3. The molecule has 1 heterocycles. The predicted octanol–water partition coefficient (Wildman–Crippen LogP) is 1.06. The summed E-state index contributed by atoms with van der Waals surface area (Å²) in [6, 6.07) is 7.53. The monoisotopic (exact) mass is 524 g/mol. The van der Waals surface area contributed by atoms with Crippen LogP contribution in [-0.2, 0) is 29.1 Å². The minimum absolute atomic E-state index is 0.0803. The van der Waals surface area contributed by atoms with Crippen molar-refractivity contribution < 1.29 is 27.5 Å². The number of primary amides is 1. The van der Waals surface area contributed by atoms with Crippen molar-refractivity contribution in [3.63, 3.8) is 0 Å². The largest absolute Gasteiger partial charge is 0.383 e. The van der Waals surface area contributed by atoms with E-state index in [1.165, 1.54) is 29.0 Å². The van der Waals surface area contributed by atoms with Gasteiger partial charge in [-0.25, -0.2) is 8.42 Å². The first kappa shape index (κ1) is 26.9. The molecule has 0 unspecified atom stereocenters. The van der Waals surface area contributed by atoms with Gasteiger partial charge < -0.3 is 20.3 Å². The maximum Gasteiger partial charge on any atom is 0.244 e. The number of carbonyl (C=O) groups is 3. The molecule has 0 spiro atoms. The second-order valence-electron chi connectivity index (χ2n) is 8.43. The smallest absolute Gasteiger partial charge is 0.244 e. The average molecular weight is 525 g/mol. The van der Waals surface area contributed by atoms with Crippen molar-refractivity contribution in [1.82, 2.24) is 14.1 Å². The number of nitrogens with zero attached hydrogens (tertiary/aromatic N) is 3. The summed E-state index contributed by atoms with van der Waals surface area (Å²) in [5, 5.41) is 1.88.